The third-order valence-electron chi connectivity index (χ3n) is 4.27. The summed E-state index contributed by atoms with van der Waals surface area (Å²) in [6.45, 7) is 8.99. The fourth-order valence-electron chi connectivity index (χ4n) is 2.66. The third kappa shape index (κ3) is 2.49. The Labute approximate surface area is 113 Å². The molecule has 2 heterocycles. The summed E-state index contributed by atoms with van der Waals surface area (Å²) in [5.41, 5.74) is 1.59. The van der Waals surface area contributed by atoms with Crippen LogP contribution < -0.4 is 4.90 Å². The van der Waals surface area contributed by atoms with Crippen molar-refractivity contribution in [3.63, 3.8) is 0 Å². The zero-order valence-corrected chi connectivity index (χ0v) is 12.5. The molecule has 3 heteroatoms. The highest BCUT2D eigenvalue weighted by Gasteiger charge is 2.35. The lowest BCUT2D eigenvalue weighted by atomic mass is 9.82. The number of hydrogen-bond donors (Lipinski definition) is 0. The first-order valence-electron chi connectivity index (χ1n) is 6.48. The predicted molar refractivity (Wildman–Crippen MR) is 76.5 cm³/mol. The van der Waals surface area contributed by atoms with Crippen LogP contribution in [0.15, 0.2) is 16.6 Å². The van der Waals surface area contributed by atoms with Crippen molar-refractivity contribution in [2.45, 2.75) is 40.0 Å². The Morgan fingerprint density at radius 1 is 1.35 bits per heavy atom. The first kappa shape index (κ1) is 12.9. The molecule has 1 fully saturated rings. The minimum atomic E-state index is 0.517. The van der Waals surface area contributed by atoms with Crippen LogP contribution in [0.4, 0.5) is 5.82 Å². The van der Waals surface area contributed by atoms with E-state index in [9.17, 15) is 0 Å². The number of rotatable bonds is 3. The average molecular weight is 297 g/mol. The van der Waals surface area contributed by atoms with Crippen molar-refractivity contribution in [1.82, 2.24) is 4.98 Å². The molecule has 0 spiro atoms. The summed E-state index contributed by atoms with van der Waals surface area (Å²) in [4.78, 5) is 7.10. The lowest BCUT2D eigenvalue weighted by Crippen LogP contribution is -2.26. The van der Waals surface area contributed by atoms with E-state index in [1.165, 1.54) is 19.3 Å². The van der Waals surface area contributed by atoms with E-state index in [0.717, 1.165) is 29.1 Å². The molecule has 0 unspecified atom stereocenters. The van der Waals surface area contributed by atoms with E-state index >= 15 is 0 Å². The smallest absolute Gasteiger partial charge is 0.128 e. The van der Waals surface area contributed by atoms with Gasteiger partial charge >= 0.3 is 0 Å². The molecule has 1 aliphatic heterocycles. The fraction of sp³-hybridized carbons (Fsp3) is 0.643. The van der Waals surface area contributed by atoms with Gasteiger partial charge in [0.1, 0.15) is 5.82 Å². The van der Waals surface area contributed by atoms with Crippen LogP contribution in [0.2, 0.25) is 0 Å². The van der Waals surface area contributed by atoms with Gasteiger partial charge in [0.25, 0.3) is 0 Å². The standard InChI is InChI=1S/C14H21BrN2/c1-4-14(5-2)8-9-17(10-14)13-7-6-12(15)11(3)16-13/h6-7H,4-5,8-10H2,1-3H3. The number of pyridine rings is 1. The van der Waals surface area contributed by atoms with Crippen LogP contribution >= 0.6 is 15.9 Å². The van der Waals surface area contributed by atoms with Gasteiger partial charge < -0.3 is 4.90 Å². The Morgan fingerprint density at radius 3 is 2.59 bits per heavy atom. The van der Waals surface area contributed by atoms with E-state index in [0.29, 0.717) is 5.41 Å². The summed E-state index contributed by atoms with van der Waals surface area (Å²) >= 11 is 3.51. The first-order chi connectivity index (χ1) is 8.10. The topological polar surface area (TPSA) is 16.1 Å². The highest BCUT2D eigenvalue weighted by molar-refractivity contribution is 9.10. The van der Waals surface area contributed by atoms with Crippen molar-refractivity contribution in [3.8, 4) is 0 Å². The molecule has 1 aromatic heterocycles. The molecule has 94 valence electrons. The van der Waals surface area contributed by atoms with E-state index in [1.54, 1.807) is 0 Å². The SMILES string of the molecule is CCC1(CC)CCN(c2ccc(Br)c(C)n2)C1. The molecule has 0 saturated carbocycles. The van der Waals surface area contributed by atoms with Gasteiger partial charge in [-0.1, -0.05) is 13.8 Å². The molecule has 0 aliphatic carbocycles. The highest BCUT2D eigenvalue weighted by Crippen LogP contribution is 2.38. The van der Waals surface area contributed by atoms with Gasteiger partial charge in [0, 0.05) is 17.6 Å². The summed E-state index contributed by atoms with van der Waals surface area (Å²) in [5.74, 6) is 1.13. The molecular formula is C14H21BrN2. The zero-order valence-electron chi connectivity index (χ0n) is 11.0. The van der Waals surface area contributed by atoms with Crippen LogP contribution in [0, 0.1) is 12.3 Å². The monoisotopic (exact) mass is 296 g/mol. The van der Waals surface area contributed by atoms with Gasteiger partial charge in [-0.2, -0.15) is 0 Å². The Hall–Kier alpha value is -0.570. The van der Waals surface area contributed by atoms with Gasteiger partial charge in [-0.3, -0.25) is 0 Å². The lowest BCUT2D eigenvalue weighted by molar-refractivity contribution is 0.301. The molecular weight excluding hydrogens is 276 g/mol. The quantitative estimate of drug-likeness (QED) is 0.832. The molecule has 0 amide bonds. The van der Waals surface area contributed by atoms with Gasteiger partial charge in [-0.25, -0.2) is 4.98 Å². The summed E-state index contributed by atoms with van der Waals surface area (Å²) < 4.78 is 1.10. The number of halogens is 1. The Bertz CT molecular complexity index is 399. The minimum absolute atomic E-state index is 0.517. The maximum Gasteiger partial charge on any atom is 0.128 e. The van der Waals surface area contributed by atoms with Gasteiger partial charge in [0.2, 0.25) is 0 Å². The van der Waals surface area contributed by atoms with Crippen molar-refractivity contribution in [3.05, 3.63) is 22.3 Å². The number of anilines is 1. The van der Waals surface area contributed by atoms with E-state index in [1.807, 2.05) is 0 Å². The van der Waals surface area contributed by atoms with Gasteiger partial charge in [0.05, 0.1) is 5.69 Å². The average Bonchev–Trinajstić information content (AvgIpc) is 2.78. The molecule has 2 rings (SSSR count). The molecule has 1 saturated heterocycles. The van der Waals surface area contributed by atoms with Crippen molar-refractivity contribution >= 4 is 21.7 Å². The maximum atomic E-state index is 4.67. The Kier molecular flexibility index (Phi) is 3.76. The second-order valence-corrected chi connectivity index (χ2v) is 5.97. The molecule has 17 heavy (non-hydrogen) atoms. The number of aromatic nitrogens is 1. The first-order valence-corrected chi connectivity index (χ1v) is 7.27. The number of hydrogen-bond acceptors (Lipinski definition) is 2. The van der Waals surface area contributed by atoms with E-state index in [4.69, 9.17) is 0 Å². The normalized spacial score (nSPS) is 18.7. The zero-order chi connectivity index (χ0) is 12.5. The van der Waals surface area contributed by atoms with E-state index < -0.39 is 0 Å². The van der Waals surface area contributed by atoms with Gasteiger partial charge in [-0.15, -0.1) is 0 Å². The van der Waals surface area contributed by atoms with Crippen molar-refractivity contribution < 1.29 is 0 Å². The summed E-state index contributed by atoms with van der Waals surface area (Å²) in [6.07, 6.45) is 3.85. The van der Waals surface area contributed by atoms with Crippen molar-refractivity contribution in [2.75, 3.05) is 18.0 Å². The summed E-state index contributed by atoms with van der Waals surface area (Å²) in [6, 6.07) is 4.23. The fourth-order valence-corrected chi connectivity index (χ4v) is 2.89. The molecule has 0 atom stereocenters. The second kappa shape index (κ2) is 4.97. The summed E-state index contributed by atoms with van der Waals surface area (Å²) in [7, 11) is 0. The van der Waals surface area contributed by atoms with E-state index in [-0.39, 0.29) is 0 Å². The number of nitrogens with zero attached hydrogens (tertiary/aromatic N) is 2. The third-order valence-corrected chi connectivity index (χ3v) is 5.11. The highest BCUT2D eigenvalue weighted by atomic mass is 79.9. The van der Waals surface area contributed by atoms with Crippen LogP contribution in [0.25, 0.3) is 0 Å². The molecule has 1 aromatic rings. The molecule has 0 radical (unpaired) electrons. The molecule has 0 N–H and O–H groups in total. The van der Waals surface area contributed by atoms with Gasteiger partial charge in [0.15, 0.2) is 0 Å². The Morgan fingerprint density at radius 2 is 2.06 bits per heavy atom. The lowest BCUT2D eigenvalue weighted by Gasteiger charge is -2.26. The predicted octanol–water partition coefficient (Wildman–Crippen LogP) is 4.17. The van der Waals surface area contributed by atoms with Crippen molar-refractivity contribution in [2.24, 2.45) is 5.41 Å². The Balaban J connectivity index is 2.17. The van der Waals surface area contributed by atoms with Crippen LogP contribution in [-0.4, -0.2) is 18.1 Å². The van der Waals surface area contributed by atoms with Gasteiger partial charge in [-0.05, 0) is 59.7 Å². The minimum Gasteiger partial charge on any atom is -0.356 e. The molecule has 2 nitrogen and oxygen atoms in total. The van der Waals surface area contributed by atoms with Crippen LogP contribution in [0.3, 0.4) is 0 Å². The van der Waals surface area contributed by atoms with E-state index in [2.05, 4.69) is 58.7 Å². The van der Waals surface area contributed by atoms with Crippen LogP contribution in [-0.2, 0) is 0 Å². The molecule has 0 bridgehead atoms. The molecule has 0 aromatic carbocycles. The second-order valence-electron chi connectivity index (χ2n) is 5.12. The summed E-state index contributed by atoms with van der Waals surface area (Å²) in [5, 5.41) is 0. The molecule has 1 aliphatic rings. The van der Waals surface area contributed by atoms with Crippen LogP contribution in [0.5, 0.6) is 0 Å². The number of aryl methyl sites for hydroxylation is 1. The largest absolute Gasteiger partial charge is 0.356 e. The maximum absolute atomic E-state index is 4.67. The van der Waals surface area contributed by atoms with Crippen molar-refractivity contribution in [1.29, 1.82) is 0 Å². The van der Waals surface area contributed by atoms with Crippen LogP contribution in [0.1, 0.15) is 38.8 Å².